The summed E-state index contributed by atoms with van der Waals surface area (Å²) in [5, 5.41) is 15.9. The molecule has 0 spiro atoms. The number of nitrogens with one attached hydrogen (secondary N) is 2. The van der Waals surface area contributed by atoms with E-state index in [1.165, 1.54) is 19.3 Å². The third-order valence-electron chi connectivity index (χ3n) is 4.54. The predicted octanol–water partition coefficient (Wildman–Crippen LogP) is 3.07. The highest BCUT2D eigenvalue weighted by Gasteiger charge is 2.38. The van der Waals surface area contributed by atoms with Gasteiger partial charge in [0.15, 0.2) is 0 Å². The summed E-state index contributed by atoms with van der Waals surface area (Å²) >= 11 is 5.94. The maximum atomic E-state index is 12.4. The molecule has 1 aromatic carbocycles. The molecule has 21 heavy (non-hydrogen) atoms. The van der Waals surface area contributed by atoms with Gasteiger partial charge in [-0.2, -0.15) is 5.26 Å². The predicted molar refractivity (Wildman–Crippen MR) is 82.1 cm³/mol. The molecule has 1 heterocycles. The molecule has 0 radical (unpaired) electrons. The van der Waals surface area contributed by atoms with Crippen molar-refractivity contribution in [2.45, 2.75) is 44.2 Å². The fourth-order valence-electron chi connectivity index (χ4n) is 3.46. The van der Waals surface area contributed by atoms with Crippen LogP contribution in [0.1, 0.15) is 37.7 Å². The minimum Gasteiger partial charge on any atom is -0.323 e. The van der Waals surface area contributed by atoms with Gasteiger partial charge in [0.25, 0.3) is 0 Å². The molecule has 2 aliphatic rings. The first-order chi connectivity index (χ1) is 10.2. The van der Waals surface area contributed by atoms with Crippen LogP contribution in [0.25, 0.3) is 0 Å². The summed E-state index contributed by atoms with van der Waals surface area (Å²) in [4.78, 5) is 12.4. The van der Waals surface area contributed by atoms with E-state index in [0.717, 1.165) is 12.8 Å². The number of rotatable bonds is 2. The Morgan fingerprint density at radius 1 is 1.38 bits per heavy atom. The Balaban J connectivity index is 1.70. The molecule has 1 amide bonds. The molecule has 110 valence electrons. The number of anilines is 1. The zero-order chi connectivity index (χ0) is 14.8. The Bertz CT molecular complexity index is 582. The van der Waals surface area contributed by atoms with Crippen LogP contribution < -0.4 is 10.6 Å². The molecular formula is C16H18ClN3O. The van der Waals surface area contributed by atoms with E-state index in [2.05, 4.69) is 16.7 Å². The highest BCUT2D eigenvalue weighted by Crippen LogP contribution is 2.33. The summed E-state index contributed by atoms with van der Waals surface area (Å²) in [5.74, 6) is 0.549. The lowest BCUT2D eigenvalue weighted by Gasteiger charge is -2.24. The fraction of sp³-hybridized carbons (Fsp3) is 0.500. The van der Waals surface area contributed by atoms with Gasteiger partial charge in [-0.1, -0.05) is 24.4 Å². The van der Waals surface area contributed by atoms with Gasteiger partial charge in [0.2, 0.25) is 5.91 Å². The molecule has 3 rings (SSSR count). The molecule has 4 nitrogen and oxygen atoms in total. The normalized spacial score (nSPS) is 27.7. The lowest BCUT2D eigenvalue weighted by Crippen LogP contribution is -2.40. The first-order valence-corrected chi connectivity index (χ1v) is 7.82. The Hall–Kier alpha value is -1.57. The molecule has 1 aliphatic heterocycles. The van der Waals surface area contributed by atoms with Gasteiger partial charge in [-0.15, -0.1) is 0 Å². The van der Waals surface area contributed by atoms with E-state index in [-0.39, 0.29) is 11.9 Å². The zero-order valence-electron chi connectivity index (χ0n) is 11.7. The van der Waals surface area contributed by atoms with Crippen LogP contribution in [0.15, 0.2) is 18.2 Å². The second kappa shape index (κ2) is 6.05. The van der Waals surface area contributed by atoms with E-state index in [1.54, 1.807) is 18.2 Å². The lowest BCUT2D eigenvalue weighted by molar-refractivity contribution is -0.117. The van der Waals surface area contributed by atoms with Crippen LogP contribution >= 0.6 is 11.6 Å². The summed E-state index contributed by atoms with van der Waals surface area (Å²) < 4.78 is 0. The Morgan fingerprint density at radius 3 is 2.95 bits per heavy atom. The van der Waals surface area contributed by atoms with Crippen LogP contribution in [-0.2, 0) is 4.79 Å². The Kier molecular flexibility index (Phi) is 4.14. The van der Waals surface area contributed by atoms with Crippen molar-refractivity contribution in [2.75, 3.05) is 5.32 Å². The number of nitriles is 1. The van der Waals surface area contributed by atoms with Crippen LogP contribution in [0.4, 0.5) is 5.69 Å². The van der Waals surface area contributed by atoms with Crippen molar-refractivity contribution in [1.29, 1.82) is 5.26 Å². The number of nitrogens with zero attached hydrogens (tertiary/aromatic N) is 1. The number of benzene rings is 1. The van der Waals surface area contributed by atoms with Gasteiger partial charge in [0.05, 0.1) is 17.3 Å². The van der Waals surface area contributed by atoms with E-state index in [4.69, 9.17) is 16.9 Å². The smallest absolute Gasteiger partial charge is 0.241 e. The number of carbonyl (C=O) groups is 1. The van der Waals surface area contributed by atoms with Gasteiger partial charge in [0.1, 0.15) is 6.07 Å². The number of halogens is 1. The van der Waals surface area contributed by atoms with Gasteiger partial charge in [-0.05, 0) is 43.4 Å². The van der Waals surface area contributed by atoms with Crippen LogP contribution in [-0.4, -0.2) is 18.0 Å². The average Bonchev–Trinajstić information content (AvgIpc) is 2.91. The van der Waals surface area contributed by atoms with Crippen LogP contribution in [0.5, 0.6) is 0 Å². The third kappa shape index (κ3) is 3.04. The highest BCUT2D eigenvalue weighted by molar-refractivity contribution is 6.31. The number of hydrogen-bond donors (Lipinski definition) is 2. The summed E-state index contributed by atoms with van der Waals surface area (Å²) in [6.45, 7) is 0. The minimum atomic E-state index is -0.163. The molecule has 2 fully saturated rings. The van der Waals surface area contributed by atoms with E-state index < -0.39 is 0 Å². The first kappa shape index (κ1) is 14.4. The Labute approximate surface area is 129 Å². The van der Waals surface area contributed by atoms with Crippen molar-refractivity contribution in [3.8, 4) is 6.07 Å². The number of amides is 1. The van der Waals surface area contributed by atoms with E-state index in [0.29, 0.717) is 28.2 Å². The molecule has 3 atom stereocenters. The molecule has 0 aromatic heterocycles. The zero-order valence-corrected chi connectivity index (χ0v) is 12.5. The monoisotopic (exact) mass is 303 g/mol. The van der Waals surface area contributed by atoms with Crippen molar-refractivity contribution in [2.24, 2.45) is 5.92 Å². The van der Waals surface area contributed by atoms with E-state index in [1.807, 2.05) is 0 Å². The van der Waals surface area contributed by atoms with Crippen LogP contribution in [0.2, 0.25) is 5.02 Å². The van der Waals surface area contributed by atoms with E-state index in [9.17, 15) is 4.79 Å². The first-order valence-electron chi connectivity index (χ1n) is 7.44. The van der Waals surface area contributed by atoms with Crippen LogP contribution in [0.3, 0.4) is 0 Å². The van der Waals surface area contributed by atoms with Gasteiger partial charge >= 0.3 is 0 Å². The maximum absolute atomic E-state index is 12.4. The van der Waals surface area contributed by atoms with Crippen molar-refractivity contribution in [3.63, 3.8) is 0 Å². The molecule has 3 unspecified atom stereocenters. The summed E-state index contributed by atoms with van der Waals surface area (Å²) in [5.41, 5.74) is 0.926. The molecular weight excluding hydrogens is 286 g/mol. The largest absolute Gasteiger partial charge is 0.323 e. The molecule has 2 N–H and O–H groups in total. The molecule has 1 saturated heterocycles. The Morgan fingerprint density at radius 2 is 2.19 bits per heavy atom. The molecule has 0 bridgehead atoms. The standard InChI is InChI=1S/C16H18ClN3O/c17-12-6-5-11(9-18)14(8-12)20-16(21)15-7-10-3-1-2-4-13(10)19-15/h5-6,8,10,13,15,19H,1-4,7H2,(H,20,21). The van der Waals surface area contributed by atoms with Gasteiger partial charge in [0, 0.05) is 11.1 Å². The quantitative estimate of drug-likeness (QED) is 0.882. The van der Waals surface area contributed by atoms with Crippen molar-refractivity contribution < 1.29 is 4.79 Å². The maximum Gasteiger partial charge on any atom is 0.241 e. The SMILES string of the molecule is N#Cc1ccc(Cl)cc1NC(=O)C1CC2CCCCC2N1. The molecule has 1 saturated carbocycles. The van der Waals surface area contributed by atoms with Crippen molar-refractivity contribution in [1.82, 2.24) is 5.32 Å². The summed E-state index contributed by atoms with van der Waals surface area (Å²) in [6.07, 6.45) is 5.77. The number of carbonyl (C=O) groups excluding carboxylic acids is 1. The van der Waals surface area contributed by atoms with Crippen molar-refractivity contribution in [3.05, 3.63) is 28.8 Å². The van der Waals surface area contributed by atoms with Gasteiger partial charge in [-0.25, -0.2) is 0 Å². The molecule has 1 aliphatic carbocycles. The summed E-state index contributed by atoms with van der Waals surface area (Å²) in [6, 6.07) is 7.29. The number of fused-ring (bicyclic) bond motifs is 1. The highest BCUT2D eigenvalue weighted by atomic mass is 35.5. The van der Waals surface area contributed by atoms with E-state index >= 15 is 0 Å². The van der Waals surface area contributed by atoms with Crippen LogP contribution in [0, 0.1) is 17.2 Å². The second-order valence-electron chi connectivity index (χ2n) is 5.90. The second-order valence-corrected chi connectivity index (χ2v) is 6.33. The molecule has 1 aromatic rings. The van der Waals surface area contributed by atoms with Gasteiger partial charge < -0.3 is 10.6 Å². The topological polar surface area (TPSA) is 64.9 Å². The summed E-state index contributed by atoms with van der Waals surface area (Å²) in [7, 11) is 0. The molecule has 5 heteroatoms. The minimum absolute atomic E-state index is 0.0665. The third-order valence-corrected chi connectivity index (χ3v) is 4.77. The lowest BCUT2D eigenvalue weighted by atomic mass is 9.85. The fourth-order valence-corrected chi connectivity index (χ4v) is 3.63. The van der Waals surface area contributed by atoms with Gasteiger partial charge in [-0.3, -0.25) is 4.79 Å². The average molecular weight is 304 g/mol. The number of hydrogen-bond acceptors (Lipinski definition) is 3. The van der Waals surface area contributed by atoms with Crippen molar-refractivity contribution >= 4 is 23.2 Å².